The number of aliphatic imine (C=N–C) groups is 1. The Labute approximate surface area is 177 Å². The van der Waals surface area contributed by atoms with Crippen molar-refractivity contribution in [2.24, 2.45) is 15.8 Å². The SMILES string of the molecule is CN1CC(c2ccccc2S(=O)CCN)=NC(=C2NN=C(c3ccccc3)O2)C1=N. The first kappa shape index (κ1) is 20.0. The van der Waals surface area contributed by atoms with Crippen LogP contribution in [0.1, 0.15) is 11.1 Å². The fourth-order valence-corrected chi connectivity index (χ4v) is 4.28. The third-order valence-corrected chi connectivity index (χ3v) is 6.13. The Morgan fingerprint density at radius 3 is 2.70 bits per heavy atom. The minimum Gasteiger partial charge on any atom is -0.417 e. The van der Waals surface area contributed by atoms with Crippen LogP contribution in [0.5, 0.6) is 0 Å². The van der Waals surface area contributed by atoms with Crippen molar-refractivity contribution in [3.8, 4) is 0 Å². The summed E-state index contributed by atoms with van der Waals surface area (Å²) in [5.74, 6) is 1.30. The molecular weight excluding hydrogens is 400 g/mol. The van der Waals surface area contributed by atoms with Gasteiger partial charge in [0.1, 0.15) is 0 Å². The van der Waals surface area contributed by atoms with Crippen LogP contribution in [-0.2, 0) is 15.5 Å². The fourth-order valence-electron chi connectivity index (χ4n) is 3.18. The van der Waals surface area contributed by atoms with Crippen molar-refractivity contribution in [1.82, 2.24) is 10.3 Å². The Morgan fingerprint density at radius 1 is 1.20 bits per heavy atom. The molecule has 4 N–H and O–H groups in total. The lowest BCUT2D eigenvalue weighted by molar-refractivity contribution is 0.408. The lowest BCUT2D eigenvalue weighted by Gasteiger charge is -2.27. The standard InChI is InChI=1S/C21H22N6O2S/c1-27-13-16(15-9-5-6-10-17(15)30(28)12-11-22)24-18(19(27)23)21-26-25-20(29-21)14-7-3-2-4-8-14/h2-10,23,26H,11-13,22H2,1H3. The maximum atomic E-state index is 12.6. The van der Waals surface area contributed by atoms with Crippen LogP contribution in [0.2, 0.25) is 0 Å². The number of likely N-dealkylation sites (N-methyl/N-ethyl adjacent to an activating group) is 1. The maximum absolute atomic E-state index is 12.6. The van der Waals surface area contributed by atoms with Gasteiger partial charge < -0.3 is 15.4 Å². The largest absolute Gasteiger partial charge is 0.417 e. The second-order valence-corrected chi connectivity index (χ2v) is 8.31. The third kappa shape index (κ3) is 3.89. The number of amidine groups is 1. The first-order valence-corrected chi connectivity index (χ1v) is 10.8. The first-order valence-electron chi connectivity index (χ1n) is 9.45. The van der Waals surface area contributed by atoms with Crippen molar-refractivity contribution >= 4 is 28.2 Å². The highest BCUT2D eigenvalue weighted by molar-refractivity contribution is 7.85. The highest BCUT2D eigenvalue weighted by Gasteiger charge is 2.29. The van der Waals surface area contributed by atoms with Crippen LogP contribution in [0.15, 0.2) is 81.2 Å². The van der Waals surface area contributed by atoms with Crippen molar-refractivity contribution in [3.05, 3.63) is 77.3 Å². The predicted octanol–water partition coefficient (Wildman–Crippen LogP) is 1.62. The normalized spacial score (nSPS) is 19.7. The van der Waals surface area contributed by atoms with E-state index in [1.165, 1.54) is 0 Å². The molecule has 1 atom stereocenters. The molecule has 0 aliphatic carbocycles. The van der Waals surface area contributed by atoms with E-state index in [1.54, 1.807) is 4.90 Å². The van der Waals surface area contributed by atoms with E-state index in [4.69, 9.17) is 20.9 Å². The third-order valence-electron chi connectivity index (χ3n) is 4.68. The second-order valence-electron chi connectivity index (χ2n) is 6.77. The van der Waals surface area contributed by atoms with Gasteiger partial charge in [-0.15, -0.1) is 5.10 Å². The molecule has 2 aromatic carbocycles. The van der Waals surface area contributed by atoms with E-state index in [9.17, 15) is 4.21 Å². The molecule has 0 saturated carbocycles. The summed E-state index contributed by atoms with van der Waals surface area (Å²) in [7, 11) is 0.586. The van der Waals surface area contributed by atoms with Crippen LogP contribution in [0.25, 0.3) is 0 Å². The number of hydrogen-bond acceptors (Lipinski definition) is 7. The first-order chi connectivity index (χ1) is 14.6. The van der Waals surface area contributed by atoms with Gasteiger partial charge in [0.05, 0.1) is 23.1 Å². The Hall–Kier alpha value is -3.30. The van der Waals surface area contributed by atoms with Gasteiger partial charge in [0.25, 0.3) is 0 Å². The molecule has 8 nitrogen and oxygen atoms in total. The minimum absolute atomic E-state index is 0.214. The summed E-state index contributed by atoms with van der Waals surface area (Å²) in [6, 6.07) is 17.0. The van der Waals surface area contributed by atoms with Crippen molar-refractivity contribution < 1.29 is 8.95 Å². The quantitative estimate of drug-likeness (QED) is 0.677. The van der Waals surface area contributed by atoms with Gasteiger partial charge in [0.2, 0.25) is 11.8 Å². The smallest absolute Gasteiger partial charge is 0.245 e. The predicted molar refractivity (Wildman–Crippen MR) is 118 cm³/mol. The highest BCUT2D eigenvalue weighted by Crippen LogP contribution is 2.24. The van der Waals surface area contributed by atoms with Gasteiger partial charge in [-0.3, -0.25) is 9.62 Å². The van der Waals surface area contributed by atoms with E-state index in [1.807, 2.05) is 61.6 Å². The zero-order chi connectivity index (χ0) is 21.1. The van der Waals surface area contributed by atoms with Crippen LogP contribution < -0.4 is 11.2 Å². The zero-order valence-electron chi connectivity index (χ0n) is 16.5. The van der Waals surface area contributed by atoms with Gasteiger partial charge in [-0.25, -0.2) is 10.4 Å². The summed E-state index contributed by atoms with van der Waals surface area (Å²) in [6.45, 7) is 0.753. The molecule has 0 aromatic heterocycles. The summed E-state index contributed by atoms with van der Waals surface area (Å²) in [5, 5.41) is 12.7. The van der Waals surface area contributed by atoms with Gasteiger partial charge in [-0.1, -0.05) is 36.4 Å². The van der Waals surface area contributed by atoms with Crippen LogP contribution in [0.3, 0.4) is 0 Å². The molecule has 0 amide bonds. The molecular formula is C21H22N6O2S. The number of benzene rings is 2. The van der Waals surface area contributed by atoms with Gasteiger partial charge in [-0.2, -0.15) is 0 Å². The van der Waals surface area contributed by atoms with E-state index in [0.717, 1.165) is 11.1 Å². The summed E-state index contributed by atoms with van der Waals surface area (Å²) in [4.78, 5) is 7.15. The van der Waals surface area contributed by atoms with Gasteiger partial charge >= 0.3 is 0 Å². The van der Waals surface area contributed by atoms with Crippen LogP contribution >= 0.6 is 0 Å². The number of nitrogens with one attached hydrogen (secondary N) is 2. The molecule has 154 valence electrons. The summed E-state index contributed by atoms with van der Waals surface area (Å²) in [5.41, 5.74) is 11.1. The Morgan fingerprint density at radius 2 is 1.93 bits per heavy atom. The topological polar surface area (TPSA) is 116 Å². The number of ether oxygens (including phenoxy) is 1. The van der Waals surface area contributed by atoms with Crippen LogP contribution in [-0.4, -0.2) is 52.4 Å². The second kappa shape index (κ2) is 8.60. The molecule has 1 unspecified atom stereocenters. The molecule has 9 heteroatoms. The molecule has 0 fully saturated rings. The Balaban J connectivity index is 1.71. The monoisotopic (exact) mass is 422 g/mol. The number of nitrogens with zero attached hydrogens (tertiary/aromatic N) is 3. The lowest BCUT2D eigenvalue weighted by atomic mass is 10.1. The van der Waals surface area contributed by atoms with Crippen molar-refractivity contribution in [1.29, 1.82) is 5.41 Å². The zero-order valence-corrected chi connectivity index (χ0v) is 17.3. The highest BCUT2D eigenvalue weighted by atomic mass is 32.2. The lowest BCUT2D eigenvalue weighted by Crippen LogP contribution is -2.38. The van der Waals surface area contributed by atoms with Gasteiger partial charge in [-0.05, 0) is 18.2 Å². The molecule has 30 heavy (non-hydrogen) atoms. The number of nitrogens with two attached hydrogens (primary N) is 1. The van der Waals surface area contributed by atoms with E-state index >= 15 is 0 Å². The van der Waals surface area contributed by atoms with E-state index < -0.39 is 10.8 Å². The summed E-state index contributed by atoms with van der Waals surface area (Å²) >= 11 is 0. The molecule has 0 bridgehead atoms. The van der Waals surface area contributed by atoms with E-state index in [2.05, 4.69) is 10.5 Å². The summed E-state index contributed by atoms with van der Waals surface area (Å²) in [6.07, 6.45) is 0. The number of rotatable bonds is 5. The van der Waals surface area contributed by atoms with E-state index in [-0.39, 0.29) is 5.84 Å². The van der Waals surface area contributed by atoms with Crippen LogP contribution in [0.4, 0.5) is 0 Å². The van der Waals surface area contributed by atoms with Crippen molar-refractivity contribution in [3.63, 3.8) is 0 Å². The van der Waals surface area contributed by atoms with E-state index in [0.29, 0.717) is 46.9 Å². The van der Waals surface area contributed by atoms with Crippen molar-refractivity contribution in [2.45, 2.75) is 4.90 Å². The average molecular weight is 423 g/mol. The Bertz CT molecular complexity index is 1090. The fraction of sp³-hybridized carbons (Fsp3) is 0.190. The maximum Gasteiger partial charge on any atom is 0.245 e. The molecule has 0 saturated heterocycles. The molecule has 2 aliphatic rings. The van der Waals surface area contributed by atoms with Crippen molar-refractivity contribution in [2.75, 3.05) is 25.9 Å². The average Bonchev–Trinajstić information content (AvgIpc) is 3.26. The summed E-state index contributed by atoms with van der Waals surface area (Å²) < 4.78 is 18.5. The Kier molecular flexibility index (Phi) is 5.73. The van der Waals surface area contributed by atoms with Gasteiger partial charge in [0, 0.05) is 35.4 Å². The molecule has 0 spiro atoms. The minimum atomic E-state index is -1.22. The number of hydrogen-bond donors (Lipinski definition) is 3. The molecule has 2 heterocycles. The van der Waals surface area contributed by atoms with Crippen LogP contribution in [0, 0.1) is 5.41 Å². The number of hydrazone groups is 1. The molecule has 2 aliphatic heterocycles. The molecule has 4 rings (SSSR count). The molecule has 0 radical (unpaired) electrons. The molecule has 2 aromatic rings. The van der Waals surface area contributed by atoms with Gasteiger partial charge in [0.15, 0.2) is 11.5 Å².